The molecular weight excluding hydrogens is 286 g/mol. The number of hydrogen-bond donors (Lipinski definition) is 0. The highest BCUT2D eigenvalue weighted by Gasteiger charge is 2.11. The number of para-hydroxylation sites is 1. The molecule has 1 heterocycles. The Morgan fingerprint density at radius 2 is 1.65 bits per heavy atom. The number of amides is 1. The summed E-state index contributed by atoms with van der Waals surface area (Å²) in [5.74, 6) is 0.0847. The van der Waals surface area contributed by atoms with Crippen LogP contribution in [0.5, 0.6) is 0 Å². The highest BCUT2D eigenvalue weighted by Crippen LogP contribution is 2.10. The Balaban J connectivity index is 1.63. The molecule has 0 saturated heterocycles. The van der Waals surface area contributed by atoms with Crippen molar-refractivity contribution in [2.45, 2.75) is 13.0 Å². The summed E-state index contributed by atoms with van der Waals surface area (Å²) in [6, 6.07) is 19.9. The summed E-state index contributed by atoms with van der Waals surface area (Å²) in [7, 11) is 1.83. The molecule has 0 saturated carbocycles. The molecule has 116 valence electrons. The van der Waals surface area contributed by atoms with E-state index in [4.69, 9.17) is 0 Å². The molecule has 0 aliphatic carbocycles. The number of rotatable bonds is 5. The van der Waals surface area contributed by atoms with E-state index in [1.807, 2.05) is 73.9 Å². The van der Waals surface area contributed by atoms with Crippen molar-refractivity contribution in [1.29, 1.82) is 0 Å². The van der Waals surface area contributed by atoms with Crippen LogP contribution in [-0.4, -0.2) is 27.6 Å². The Labute approximate surface area is 136 Å². The lowest BCUT2D eigenvalue weighted by molar-refractivity contribution is -0.129. The van der Waals surface area contributed by atoms with E-state index in [-0.39, 0.29) is 5.91 Å². The predicted molar refractivity (Wildman–Crippen MR) is 90.2 cm³/mol. The summed E-state index contributed by atoms with van der Waals surface area (Å²) in [5.41, 5.74) is 3.03. The molecule has 0 bridgehead atoms. The Morgan fingerprint density at radius 1 is 1.00 bits per heavy atom. The van der Waals surface area contributed by atoms with Gasteiger partial charge in [-0.05, 0) is 23.3 Å². The maximum Gasteiger partial charge on any atom is 0.227 e. The lowest BCUT2D eigenvalue weighted by atomic mass is 10.2. The van der Waals surface area contributed by atoms with E-state index >= 15 is 0 Å². The second kappa shape index (κ2) is 6.92. The first-order valence-electron chi connectivity index (χ1n) is 7.59. The fourth-order valence-electron chi connectivity index (χ4n) is 2.43. The van der Waals surface area contributed by atoms with Crippen LogP contribution in [0.15, 0.2) is 73.1 Å². The smallest absolute Gasteiger partial charge is 0.227 e. The van der Waals surface area contributed by atoms with Gasteiger partial charge in [0.2, 0.25) is 5.91 Å². The topological polar surface area (TPSA) is 38.1 Å². The van der Waals surface area contributed by atoms with Crippen LogP contribution in [0.2, 0.25) is 0 Å². The molecule has 0 unspecified atom stereocenters. The minimum atomic E-state index is 0.0847. The van der Waals surface area contributed by atoms with Crippen LogP contribution in [0.25, 0.3) is 5.69 Å². The van der Waals surface area contributed by atoms with Gasteiger partial charge in [-0.3, -0.25) is 4.79 Å². The molecule has 0 spiro atoms. The van der Waals surface area contributed by atoms with E-state index in [0.29, 0.717) is 13.0 Å². The molecule has 1 aromatic heterocycles. The Kier molecular flexibility index (Phi) is 4.52. The molecule has 2 aromatic carbocycles. The van der Waals surface area contributed by atoms with Crippen molar-refractivity contribution in [3.8, 4) is 5.69 Å². The molecule has 0 radical (unpaired) electrons. The first kappa shape index (κ1) is 15.0. The van der Waals surface area contributed by atoms with E-state index in [1.165, 1.54) is 0 Å². The molecule has 3 aromatic rings. The van der Waals surface area contributed by atoms with Gasteiger partial charge in [-0.1, -0.05) is 48.5 Å². The van der Waals surface area contributed by atoms with Crippen LogP contribution in [0.3, 0.4) is 0 Å². The fraction of sp³-hybridized carbons (Fsp3) is 0.158. The molecule has 23 heavy (non-hydrogen) atoms. The van der Waals surface area contributed by atoms with Gasteiger partial charge in [0.1, 0.15) is 0 Å². The van der Waals surface area contributed by atoms with E-state index in [1.54, 1.807) is 15.8 Å². The summed E-state index contributed by atoms with van der Waals surface area (Å²) in [5, 5.41) is 4.33. The average molecular weight is 305 g/mol. The van der Waals surface area contributed by atoms with Crippen molar-refractivity contribution in [3.63, 3.8) is 0 Å². The van der Waals surface area contributed by atoms with Crippen molar-refractivity contribution in [2.24, 2.45) is 0 Å². The van der Waals surface area contributed by atoms with Crippen LogP contribution in [0.4, 0.5) is 0 Å². The second-order valence-corrected chi connectivity index (χ2v) is 5.54. The zero-order valence-electron chi connectivity index (χ0n) is 13.1. The molecule has 3 rings (SSSR count). The molecule has 4 heteroatoms. The highest BCUT2D eigenvalue weighted by molar-refractivity contribution is 5.78. The van der Waals surface area contributed by atoms with Crippen molar-refractivity contribution in [1.82, 2.24) is 14.7 Å². The van der Waals surface area contributed by atoms with Gasteiger partial charge in [-0.2, -0.15) is 5.10 Å². The zero-order chi connectivity index (χ0) is 16.1. The molecular formula is C19H19N3O. The van der Waals surface area contributed by atoms with Gasteiger partial charge < -0.3 is 4.90 Å². The van der Waals surface area contributed by atoms with Crippen molar-refractivity contribution >= 4 is 5.91 Å². The zero-order valence-corrected chi connectivity index (χ0v) is 13.1. The summed E-state index contributed by atoms with van der Waals surface area (Å²) in [4.78, 5) is 14.1. The third-order valence-electron chi connectivity index (χ3n) is 3.70. The minimum Gasteiger partial charge on any atom is -0.341 e. The number of hydrogen-bond acceptors (Lipinski definition) is 2. The van der Waals surface area contributed by atoms with Gasteiger partial charge in [-0.25, -0.2) is 4.68 Å². The first-order chi connectivity index (χ1) is 11.2. The van der Waals surface area contributed by atoms with Crippen molar-refractivity contribution in [3.05, 3.63) is 84.2 Å². The van der Waals surface area contributed by atoms with Gasteiger partial charge in [0.25, 0.3) is 0 Å². The predicted octanol–water partition coefficient (Wildman–Crippen LogP) is 3.07. The molecule has 0 N–H and O–H groups in total. The number of aromatic nitrogens is 2. The molecule has 0 atom stereocenters. The Hall–Kier alpha value is -2.88. The number of carbonyl (C=O) groups is 1. The third kappa shape index (κ3) is 3.86. The Morgan fingerprint density at radius 3 is 2.35 bits per heavy atom. The van der Waals surface area contributed by atoms with Crippen LogP contribution < -0.4 is 0 Å². The van der Waals surface area contributed by atoms with E-state index in [9.17, 15) is 4.79 Å². The average Bonchev–Trinajstić information content (AvgIpc) is 3.05. The van der Waals surface area contributed by atoms with E-state index in [0.717, 1.165) is 16.8 Å². The van der Waals surface area contributed by atoms with Gasteiger partial charge in [-0.15, -0.1) is 0 Å². The maximum atomic E-state index is 12.4. The number of benzene rings is 2. The first-order valence-corrected chi connectivity index (χ1v) is 7.59. The van der Waals surface area contributed by atoms with Crippen LogP contribution >= 0.6 is 0 Å². The monoisotopic (exact) mass is 305 g/mol. The third-order valence-corrected chi connectivity index (χ3v) is 3.70. The molecule has 4 nitrogen and oxygen atoms in total. The van der Waals surface area contributed by atoms with Gasteiger partial charge in [0.15, 0.2) is 0 Å². The van der Waals surface area contributed by atoms with Crippen molar-refractivity contribution < 1.29 is 4.79 Å². The quantitative estimate of drug-likeness (QED) is 0.726. The minimum absolute atomic E-state index is 0.0847. The van der Waals surface area contributed by atoms with Crippen LogP contribution in [0.1, 0.15) is 11.1 Å². The summed E-state index contributed by atoms with van der Waals surface area (Å²) in [6.45, 7) is 0.618. The van der Waals surface area contributed by atoms with Crippen LogP contribution in [0, 0.1) is 0 Å². The summed E-state index contributed by atoms with van der Waals surface area (Å²) < 4.78 is 1.79. The molecule has 1 amide bonds. The standard InChI is InChI=1S/C19H19N3O/c1-21(14-16-8-4-2-5-9-16)19(23)12-17-13-20-22(15-17)18-10-6-3-7-11-18/h2-11,13,15H,12,14H2,1H3. The largest absolute Gasteiger partial charge is 0.341 e. The van der Waals surface area contributed by atoms with Crippen molar-refractivity contribution in [2.75, 3.05) is 7.05 Å². The van der Waals surface area contributed by atoms with Gasteiger partial charge >= 0.3 is 0 Å². The normalized spacial score (nSPS) is 10.5. The summed E-state index contributed by atoms with van der Waals surface area (Å²) >= 11 is 0. The molecule has 0 aliphatic rings. The number of carbonyl (C=O) groups excluding carboxylic acids is 1. The highest BCUT2D eigenvalue weighted by atomic mass is 16.2. The van der Waals surface area contributed by atoms with E-state index < -0.39 is 0 Å². The lowest BCUT2D eigenvalue weighted by Gasteiger charge is -2.16. The van der Waals surface area contributed by atoms with Gasteiger partial charge in [0.05, 0.1) is 18.3 Å². The molecule has 0 aliphatic heterocycles. The maximum absolute atomic E-state index is 12.4. The number of likely N-dealkylation sites (N-methyl/N-ethyl adjacent to an activating group) is 1. The second-order valence-electron chi connectivity index (χ2n) is 5.54. The fourth-order valence-corrected chi connectivity index (χ4v) is 2.43. The van der Waals surface area contributed by atoms with Crippen LogP contribution in [-0.2, 0) is 17.8 Å². The summed E-state index contributed by atoms with van der Waals surface area (Å²) in [6.07, 6.45) is 4.01. The van der Waals surface area contributed by atoms with E-state index in [2.05, 4.69) is 5.10 Å². The number of nitrogens with zero attached hydrogens (tertiary/aromatic N) is 3. The van der Waals surface area contributed by atoms with Gasteiger partial charge in [0, 0.05) is 19.8 Å². The Bertz CT molecular complexity index is 766. The molecule has 0 fully saturated rings. The SMILES string of the molecule is CN(Cc1ccccc1)C(=O)Cc1cnn(-c2ccccc2)c1. The lowest BCUT2D eigenvalue weighted by Crippen LogP contribution is -2.27.